The molecule has 3 aromatic rings. The number of ether oxygens (including phenoxy) is 3. The largest absolute Gasteiger partial charge is 0.508 e. The highest BCUT2D eigenvalue weighted by Gasteiger charge is 2.79. The molecule has 5 rings (SSSR count). The minimum absolute atomic E-state index is 0.101. The molecular weight excluding hydrogens is 706 g/mol. The summed E-state index contributed by atoms with van der Waals surface area (Å²) in [6.45, 7) is 4.28. The predicted molar refractivity (Wildman–Crippen MR) is 175 cm³/mol. The second kappa shape index (κ2) is 13.0. The van der Waals surface area contributed by atoms with Crippen molar-refractivity contribution >= 4 is 39.2 Å². The van der Waals surface area contributed by atoms with E-state index < -0.39 is 90.7 Å². The molecule has 1 saturated heterocycles. The van der Waals surface area contributed by atoms with Crippen LogP contribution in [0.3, 0.4) is 0 Å². The molecule has 2 aliphatic heterocycles. The molecule has 3 aromatic carbocycles. The zero-order chi connectivity index (χ0) is 38.8. The van der Waals surface area contributed by atoms with Crippen LogP contribution in [0.2, 0.25) is 0 Å². The Hall–Kier alpha value is -4.88. The maximum Gasteiger partial charge on any atom is 0.308 e. The van der Waals surface area contributed by atoms with Crippen LogP contribution in [0.1, 0.15) is 51.3 Å². The fraction of sp³-hybridized carbons (Fsp3) is 0.343. The van der Waals surface area contributed by atoms with Gasteiger partial charge >= 0.3 is 16.1 Å². The number of nitrogens with two attached hydrogens (primary N) is 1. The number of esters is 1. The summed E-state index contributed by atoms with van der Waals surface area (Å²) in [6.07, 6.45) is -7.03. The number of aromatic hydroxyl groups is 1. The van der Waals surface area contributed by atoms with Crippen molar-refractivity contribution in [3.8, 4) is 17.2 Å². The van der Waals surface area contributed by atoms with E-state index in [2.05, 4.69) is 0 Å². The van der Waals surface area contributed by atoms with Gasteiger partial charge < -0.3 is 40.4 Å². The van der Waals surface area contributed by atoms with Crippen molar-refractivity contribution in [2.75, 3.05) is 0 Å². The van der Waals surface area contributed by atoms with Crippen LogP contribution in [0.4, 0.5) is 0 Å². The van der Waals surface area contributed by atoms with Gasteiger partial charge in [-0.2, -0.15) is 8.42 Å². The van der Waals surface area contributed by atoms with Gasteiger partial charge in [-0.3, -0.25) is 24.0 Å². The highest BCUT2D eigenvalue weighted by molar-refractivity contribution is 7.87. The minimum atomic E-state index is -4.91. The molecule has 1 fully saturated rings. The van der Waals surface area contributed by atoms with E-state index in [1.807, 2.05) is 0 Å². The second-order valence-electron chi connectivity index (χ2n) is 12.6. The average Bonchev–Trinajstić information content (AvgIpc) is 3.32. The van der Waals surface area contributed by atoms with Crippen molar-refractivity contribution in [3.63, 3.8) is 0 Å². The molecular formula is C35H35NO15S. The number of carbonyl (C=O) groups excluding carboxylic acids is 5. The van der Waals surface area contributed by atoms with Gasteiger partial charge in [0, 0.05) is 12.5 Å². The van der Waals surface area contributed by atoms with Crippen LogP contribution in [0.5, 0.6) is 17.2 Å². The Morgan fingerprint density at radius 2 is 1.40 bits per heavy atom. The minimum Gasteiger partial charge on any atom is -0.508 e. The maximum atomic E-state index is 14.1. The standard InChI is InChI=1S/C35H35NO15S/c1-17(37)28(43)30-34(44,19(3)39)35(45,20(4)40)33(36,18(2)38)31(50-30)49-27-8-6-7-26-29(27)52(46,47)51-32(26,22-9-13-24(42)14-10-22)23-11-15-25(16-12-23)48-21(5)41/h6-17,30-31,37,42,44-45H,36H2,1-5H3/t17?,30-,31-,32?,33+,34-,35-/m1/s1. The van der Waals surface area contributed by atoms with Crippen LogP contribution >= 0.6 is 0 Å². The van der Waals surface area contributed by atoms with Crippen LogP contribution in [0, 0.1) is 0 Å². The van der Waals surface area contributed by atoms with E-state index in [0.717, 1.165) is 19.9 Å². The normalized spacial score (nSPS) is 29.7. The molecule has 2 unspecified atom stereocenters. The van der Waals surface area contributed by atoms with Gasteiger partial charge in [-0.15, -0.1) is 0 Å². The number of ketones is 4. The number of rotatable bonds is 10. The lowest BCUT2D eigenvalue weighted by Gasteiger charge is -2.57. The molecule has 0 saturated carbocycles. The van der Waals surface area contributed by atoms with E-state index in [-0.39, 0.29) is 28.2 Å². The Labute approximate surface area is 296 Å². The predicted octanol–water partition coefficient (Wildman–Crippen LogP) is 0.309. The molecule has 52 heavy (non-hydrogen) atoms. The third-order valence-corrected chi connectivity index (χ3v) is 10.7. The lowest BCUT2D eigenvalue weighted by molar-refractivity contribution is -0.303. The fourth-order valence-corrected chi connectivity index (χ4v) is 8.28. The summed E-state index contributed by atoms with van der Waals surface area (Å²) < 4.78 is 50.8. The van der Waals surface area contributed by atoms with Crippen molar-refractivity contribution in [2.24, 2.45) is 5.73 Å². The molecule has 0 amide bonds. The highest BCUT2D eigenvalue weighted by Crippen LogP contribution is 2.54. The van der Waals surface area contributed by atoms with E-state index in [1.54, 1.807) is 0 Å². The lowest BCUT2D eigenvalue weighted by Crippen LogP contribution is -2.90. The SMILES string of the molecule is CC(=O)Oc1ccc(C2(c3ccc(O)cc3)OS(=O)(=O)c3c(O[C@@H]4O[C@H](C(=O)C(C)O)[C@](O)(C(C)=O)[C@@](O)(C(C)=O)[C@]4(N)C(C)=O)cccc32)cc1. The van der Waals surface area contributed by atoms with Gasteiger partial charge in [0.25, 0.3) is 0 Å². The number of fused-ring (bicyclic) bond motifs is 1. The fourth-order valence-electron chi connectivity index (χ4n) is 6.74. The van der Waals surface area contributed by atoms with E-state index in [9.17, 15) is 52.8 Å². The first kappa shape index (κ1) is 38.4. The Morgan fingerprint density at radius 1 is 0.846 bits per heavy atom. The maximum absolute atomic E-state index is 14.1. The molecule has 16 nitrogen and oxygen atoms in total. The zero-order valence-electron chi connectivity index (χ0n) is 28.3. The van der Waals surface area contributed by atoms with Crippen LogP contribution < -0.4 is 15.2 Å². The number of carbonyl (C=O) groups is 5. The van der Waals surface area contributed by atoms with Crippen LogP contribution in [0.15, 0.2) is 71.6 Å². The summed E-state index contributed by atoms with van der Waals surface area (Å²) in [7, 11) is -4.91. The Bertz CT molecular complexity index is 2100. The first-order valence-corrected chi connectivity index (χ1v) is 17.0. The first-order chi connectivity index (χ1) is 24.1. The van der Waals surface area contributed by atoms with Crippen molar-refractivity contribution in [1.82, 2.24) is 0 Å². The number of phenolic OH excluding ortho intramolecular Hbond substituents is 1. The Morgan fingerprint density at radius 3 is 1.88 bits per heavy atom. The monoisotopic (exact) mass is 741 g/mol. The van der Waals surface area contributed by atoms with Crippen molar-refractivity contribution in [3.05, 3.63) is 83.4 Å². The van der Waals surface area contributed by atoms with Crippen LogP contribution in [-0.2, 0) is 48.6 Å². The lowest BCUT2D eigenvalue weighted by atomic mass is 9.59. The molecule has 0 aromatic heterocycles. The van der Waals surface area contributed by atoms with Crippen molar-refractivity contribution in [1.29, 1.82) is 0 Å². The Balaban J connectivity index is 1.77. The van der Waals surface area contributed by atoms with E-state index in [4.69, 9.17) is 24.1 Å². The molecule has 0 spiro atoms. The molecule has 6 N–H and O–H groups in total. The molecule has 2 aliphatic rings. The van der Waals surface area contributed by atoms with Gasteiger partial charge in [-0.05, 0) is 69.2 Å². The summed E-state index contributed by atoms with van der Waals surface area (Å²) in [5, 5.41) is 43.9. The smallest absolute Gasteiger partial charge is 0.308 e. The van der Waals surface area contributed by atoms with Crippen LogP contribution in [0.25, 0.3) is 0 Å². The third-order valence-electron chi connectivity index (χ3n) is 9.33. The summed E-state index contributed by atoms with van der Waals surface area (Å²) in [5.41, 5.74) is -5.72. The summed E-state index contributed by atoms with van der Waals surface area (Å²) in [4.78, 5) is 63.8. The molecule has 276 valence electrons. The molecule has 7 atom stereocenters. The van der Waals surface area contributed by atoms with Gasteiger partial charge in [0.05, 0.1) is 0 Å². The average molecular weight is 742 g/mol. The summed E-state index contributed by atoms with van der Waals surface area (Å²) in [5.74, 6) is -6.92. The van der Waals surface area contributed by atoms with E-state index >= 15 is 0 Å². The number of hydrogen-bond acceptors (Lipinski definition) is 16. The van der Waals surface area contributed by atoms with Gasteiger partial charge in [0.1, 0.15) is 28.2 Å². The number of aliphatic hydroxyl groups is 3. The first-order valence-electron chi connectivity index (χ1n) is 15.6. The number of phenols is 1. The van der Waals surface area contributed by atoms with E-state index in [0.29, 0.717) is 13.8 Å². The third kappa shape index (κ3) is 5.44. The van der Waals surface area contributed by atoms with Crippen LogP contribution in [-0.4, -0.2) is 93.2 Å². The molecule has 17 heteroatoms. The zero-order valence-corrected chi connectivity index (χ0v) is 29.2. The number of hydrogen-bond donors (Lipinski definition) is 5. The molecule has 2 heterocycles. The molecule has 0 bridgehead atoms. The number of benzene rings is 3. The van der Waals surface area contributed by atoms with Crippen molar-refractivity contribution in [2.45, 2.75) is 80.4 Å². The van der Waals surface area contributed by atoms with Gasteiger partial charge in [0.15, 0.2) is 51.6 Å². The highest BCUT2D eigenvalue weighted by atomic mass is 32.2. The second-order valence-corrected chi connectivity index (χ2v) is 14.1. The topological polar surface area (TPSA) is 263 Å². The molecule has 0 aliphatic carbocycles. The van der Waals surface area contributed by atoms with E-state index in [1.165, 1.54) is 67.6 Å². The van der Waals surface area contributed by atoms with Gasteiger partial charge in [-0.25, -0.2) is 4.18 Å². The van der Waals surface area contributed by atoms with Crippen molar-refractivity contribution < 1.29 is 71.2 Å². The Kier molecular flexibility index (Phi) is 9.56. The number of aliphatic hydroxyl groups excluding tert-OH is 1. The summed E-state index contributed by atoms with van der Waals surface area (Å²) in [6, 6.07) is 14.7. The quantitative estimate of drug-likeness (QED) is 0.106. The van der Waals surface area contributed by atoms with Gasteiger partial charge in [-0.1, -0.05) is 36.4 Å². The molecule has 0 radical (unpaired) electrons. The summed E-state index contributed by atoms with van der Waals surface area (Å²) >= 11 is 0. The van der Waals surface area contributed by atoms with Gasteiger partial charge in [0.2, 0.25) is 6.29 Å². The number of Topliss-reactive ketones (excluding diaryl/α,β-unsaturated/α-hetero) is 4.